The van der Waals surface area contributed by atoms with Gasteiger partial charge in [0.1, 0.15) is 6.04 Å². The molecule has 1 N–H and O–H groups in total. The highest BCUT2D eigenvalue weighted by atomic mass is 16.5. The van der Waals surface area contributed by atoms with Crippen molar-refractivity contribution in [2.45, 2.75) is 12.5 Å². The van der Waals surface area contributed by atoms with E-state index >= 15 is 0 Å². The van der Waals surface area contributed by atoms with Gasteiger partial charge < -0.3 is 29.3 Å². The summed E-state index contributed by atoms with van der Waals surface area (Å²) in [5, 5.41) is 2.57. The second-order valence-electron chi connectivity index (χ2n) is 6.37. The molecule has 3 rings (SSSR count). The van der Waals surface area contributed by atoms with E-state index in [2.05, 4.69) is 5.32 Å². The number of nitrogens with one attached hydrogen (secondary N) is 1. The molecule has 1 atom stereocenters. The minimum absolute atomic E-state index is 0.0225. The van der Waals surface area contributed by atoms with Crippen molar-refractivity contribution in [3.05, 3.63) is 17.7 Å². The van der Waals surface area contributed by atoms with Crippen LogP contribution in [-0.2, 0) is 20.8 Å². The first-order chi connectivity index (χ1) is 13.0. The van der Waals surface area contributed by atoms with Crippen LogP contribution in [0.4, 0.5) is 0 Å². The summed E-state index contributed by atoms with van der Waals surface area (Å²) in [7, 11) is 4.54. The fourth-order valence-electron chi connectivity index (χ4n) is 3.44. The Hall–Kier alpha value is -2.97. The average molecular weight is 377 g/mol. The highest BCUT2D eigenvalue weighted by Crippen LogP contribution is 2.38. The predicted molar refractivity (Wildman–Crippen MR) is 94.9 cm³/mol. The van der Waals surface area contributed by atoms with Crippen LogP contribution in [-0.4, -0.2) is 81.1 Å². The van der Waals surface area contributed by atoms with Crippen molar-refractivity contribution in [2.24, 2.45) is 0 Å². The Balaban J connectivity index is 1.74. The number of carbonyl (C=O) groups is 3. The Bertz CT molecular complexity index is 740. The number of carbonyl (C=O) groups excluding carboxylic acids is 3. The molecule has 0 bridgehead atoms. The summed E-state index contributed by atoms with van der Waals surface area (Å²) in [4.78, 5) is 39.9. The third-order valence-electron chi connectivity index (χ3n) is 4.85. The molecule has 1 aromatic rings. The zero-order valence-electron chi connectivity index (χ0n) is 15.6. The van der Waals surface area contributed by atoms with Gasteiger partial charge in [-0.2, -0.15) is 0 Å². The molecule has 2 aliphatic heterocycles. The molecule has 1 aromatic carbocycles. The van der Waals surface area contributed by atoms with Crippen LogP contribution in [0.15, 0.2) is 12.1 Å². The SMILES string of the molecule is COc1cc(CC(=O)N2CCN3C(=O)CNC(=O)[C@@H]3C2)cc(OC)c1OC. The first-order valence-electron chi connectivity index (χ1n) is 8.62. The first-order valence-corrected chi connectivity index (χ1v) is 8.62. The molecular weight excluding hydrogens is 354 g/mol. The fourth-order valence-corrected chi connectivity index (χ4v) is 3.44. The molecule has 0 saturated carbocycles. The van der Waals surface area contributed by atoms with Crippen LogP contribution in [0.1, 0.15) is 5.56 Å². The molecule has 0 aliphatic carbocycles. The van der Waals surface area contributed by atoms with Crippen LogP contribution < -0.4 is 19.5 Å². The van der Waals surface area contributed by atoms with E-state index in [-0.39, 0.29) is 37.2 Å². The Morgan fingerprint density at radius 1 is 1.11 bits per heavy atom. The molecule has 2 heterocycles. The quantitative estimate of drug-likeness (QED) is 0.738. The third-order valence-corrected chi connectivity index (χ3v) is 4.85. The largest absolute Gasteiger partial charge is 0.493 e. The average Bonchev–Trinajstić information content (AvgIpc) is 2.69. The van der Waals surface area contributed by atoms with Gasteiger partial charge in [-0.1, -0.05) is 0 Å². The van der Waals surface area contributed by atoms with Gasteiger partial charge in [0.05, 0.1) is 40.8 Å². The number of hydrogen-bond donors (Lipinski definition) is 1. The number of hydrogen-bond acceptors (Lipinski definition) is 6. The van der Waals surface area contributed by atoms with Gasteiger partial charge in [0.15, 0.2) is 11.5 Å². The maximum Gasteiger partial charge on any atom is 0.245 e. The number of rotatable bonds is 5. The lowest BCUT2D eigenvalue weighted by molar-refractivity contribution is -0.152. The molecule has 146 valence electrons. The van der Waals surface area contributed by atoms with Crippen molar-refractivity contribution < 1.29 is 28.6 Å². The molecular formula is C18H23N3O6. The normalized spacial score (nSPS) is 19.3. The minimum atomic E-state index is -0.621. The number of piperazine rings is 2. The van der Waals surface area contributed by atoms with Crippen LogP contribution in [0.3, 0.4) is 0 Å². The van der Waals surface area contributed by atoms with Gasteiger partial charge in [-0.05, 0) is 17.7 Å². The lowest BCUT2D eigenvalue weighted by Crippen LogP contribution is -2.66. The fraction of sp³-hybridized carbons (Fsp3) is 0.500. The van der Waals surface area contributed by atoms with Crippen molar-refractivity contribution in [1.29, 1.82) is 0 Å². The zero-order chi connectivity index (χ0) is 19.6. The predicted octanol–water partition coefficient (Wildman–Crippen LogP) is -0.576. The molecule has 27 heavy (non-hydrogen) atoms. The molecule has 2 aliphatic rings. The van der Waals surface area contributed by atoms with Crippen molar-refractivity contribution in [3.63, 3.8) is 0 Å². The molecule has 0 unspecified atom stereocenters. The molecule has 0 aromatic heterocycles. The summed E-state index contributed by atoms with van der Waals surface area (Å²) < 4.78 is 15.9. The maximum absolute atomic E-state index is 12.8. The summed E-state index contributed by atoms with van der Waals surface area (Å²) in [6, 6.07) is 2.84. The summed E-state index contributed by atoms with van der Waals surface area (Å²) >= 11 is 0. The summed E-state index contributed by atoms with van der Waals surface area (Å²) in [5.41, 5.74) is 0.709. The topological polar surface area (TPSA) is 97.4 Å². The van der Waals surface area contributed by atoms with Gasteiger partial charge in [-0.15, -0.1) is 0 Å². The Labute approximate surface area is 157 Å². The zero-order valence-corrected chi connectivity index (χ0v) is 15.6. The summed E-state index contributed by atoms with van der Waals surface area (Å²) in [6.45, 7) is 0.978. The molecule has 2 fully saturated rings. The first kappa shape index (κ1) is 18.8. The third kappa shape index (κ3) is 3.62. The highest BCUT2D eigenvalue weighted by Gasteiger charge is 2.39. The maximum atomic E-state index is 12.8. The van der Waals surface area contributed by atoms with E-state index in [9.17, 15) is 14.4 Å². The smallest absolute Gasteiger partial charge is 0.245 e. The summed E-state index contributed by atoms with van der Waals surface area (Å²) in [6.07, 6.45) is 0.124. The second-order valence-corrected chi connectivity index (χ2v) is 6.37. The van der Waals surface area contributed by atoms with E-state index in [1.165, 1.54) is 21.3 Å². The van der Waals surface area contributed by atoms with Gasteiger partial charge in [0.2, 0.25) is 23.5 Å². The van der Waals surface area contributed by atoms with Crippen molar-refractivity contribution in [1.82, 2.24) is 15.1 Å². The van der Waals surface area contributed by atoms with Crippen LogP contribution >= 0.6 is 0 Å². The van der Waals surface area contributed by atoms with Gasteiger partial charge >= 0.3 is 0 Å². The second kappa shape index (κ2) is 7.73. The number of amides is 3. The molecule has 0 radical (unpaired) electrons. The van der Waals surface area contributed by atoms with E-state index in [4.69, 9.17) is 14.2 Å². The van der Waals surface area contributed by atoms with E-state index in [0.29, 0.717) is 35.9 Å². The van der Waals surface area contributed by atoms with Crippen LogP contribution in [0, 0.1) is 0 Å². The van der Waals surface area contributed by atoms with E-state index in [0.717, 1.165) is 0 Å². The number of nitrogens with zero attached hydrogens (tertiary/aromatic N) is 2. The summed E-state index contributed by atoms with van der Waals surface area (Å²) in [5.74, 6) is 0.941. The van der Waals surface area contributed by atoms with Gasteiger partial charge in [0.25, 0.3) is 0 Å². The standard InChI is InChI=1S/C18H23N3O6/c1-25-13-6-11(7-14(26-2)17(13)27-3)8-15(22)20-4-5-21-12(10-20)18(24)19-9-16(21)23/h6-7,12H,4-5,8-10H2,1-3H3,(H,19,24)/t12-/m0/s1. The molecule has 9 nitrogen and oxygen atoms in total. The lowest BCUT2D eigenvalue weighted by Gasteiger charge is -2.42. The van der Waals surface area contributed by atoms with Gasteiger partial charge in [-0.3, -0.25) is 14.4 Å². The van der Waals surface area contributed by atoms with Gasteiger partial charge in [0, 0.05) is 13.1 Å². The lowest BCUT2D eigenvalue weighted by atomic mass is 10.1. The number of methoxy groups -OCH3 is 3. The van der Waals surface area contributed by atoms with Crippen LogP contribution in [0.5, 0.6) is 17.2 Å². The Morgan fingerprint density at radius 2 is 1.78 bits per heavy atom. The monoisotopic (exact) mass is 377 g/mol. The Morgan fingerprint density at radius 3 is 2.37 bits per heavy atom. The van der Waals surface area contributed by atoms with Crippen molar-refractivity contribution in [3.8, 4) is 17.2 Å². The number of benzene rings is 1. The van der Waals surface area contributed by atoms with Crippen molar-refractivity contribution in [2.75, 3.05) is 47.5 Å². The molecule has 3 amide bonds. The molecule has 2 saturated heterocycles. The number of ether oxygens (including phenoxy) is 3. The van der Waals surface area contributed by atoms with Crippen LogP contribution in [0.25, 0.3) is 0 Å². The Kier molecular flexibility index (Phi) is 5.38. The highest BCUT2D eigenvalue weighted by molar-refractivity contribution is 5.95. The van der Waals surface area contributed by atoms with Crippen molar-refractivity contribution >= 4 is 17.7 Å². The number of fused-ring (bicyclic) bond motifs is 1. The van der Waals surface area contributed by atoms with E-state index in [1.54, 1.807) is 21.9 Å². The van der Waals surface area contributed by atoms with Crippen LogP contribution in [0.2, 0.25) is 0 Å². The molecule has 9 heteroatoms. The molecule has 0 spiro atoms. The van der Waals surface area contributed by atoms with E-state index < -0.39 is 6.04 Å². The minimum Gasteiger partial charge on any atom is -0.493 e. The van der Waals surface area contributed by atoms with Gasteiger partial charge in [-0.25, -0.2) is 0 Å². The van der Waals surface area contributed by atoms with E-state index in [1.807, 2.05) is 0 Å².